The highest BCUT2D eigenvalue weighted by Crippen LogP contribution is 2.23. The molecular formula is C17H27N3O2. The molecular weight excluding hydrogens is 278 g/mol. The van der Waals surface area contributed by atoms with Crippen LogP contribution in [0.5, 0.6) is 5.88 Å². The predicted molar refractivity (Wildman–Crippen MR) is 85.8 cm³/mol. The van der Waals surface area contributed by atoms with Gasteiger partial charge >= 0.3 is 0 Å². The Bertz CT molecular complexity index is 517. The monoisotopic (exact) mass is 305 g/mol. The van der Waals surface area contributed by atoms with Crippen LogP contribution in [0.4, 0.5) is 0 Å². The lowest BCUT2D eigenvalue weighted by Crippen LogP contribution is -2.45. The van der Waals surface area contributed by atoms with Gasteiger partial charge in [0.25, 0.3) is 0 Å². The van der Waals surface area contributed by atoms with Gasteiger partial charge in [0.2, 0.25) is 11.8 Å². The number of aryl methyl sites for hydroxylation is 2. The van der Waals surface area contributed by atoms with Crippen LogP contribution < -0.4 is 4.74 Å². The van der Waals surface area contributed by atoms with Crippen molar-refractivity contribution in [3.8, 4) is 5.88 Å². The molecule has 1 saturated heterocycles. The van der Waals surface area contributed by atoms with Crippen molar-refractivity contribution in [3.63, 3.8) is 0 Å². The Labute approximate surface area is 133 Å². The number of nitrogens with zero attached hydrogens (tertiary/aromatic N) is 3. The van der Waals surface area contributed by atoms with E-state index in [-0.39, 0.29) is 17.4 Å². The first-order chi connectivity index (χ1) is 10.2. The molecule has 5 heteroatoms. The van der Waals surface area contributed by atoms with Gasteiger partial charge in [-0.15, -0.1) is 0 Å². The normalized spacial score (nSPS) is 19.1. The summed E-state index contributed by atoms with van der Waals surface area (Å²) in [6, 6.07) is 1.85. The molecule has 1 atom stereocenters. The second-order valence-corrected chi connectivity index (χ2v) is 7.35. The zero-order chi connectivity index (χ0) is 16.3. The molecule has 22 heavy (non-hydrogen) atoms. The molecule has 0 N–H and O–H groups in total. The highest BCUT2D eigenvalue weighted by Gasteiger charge is 2.27. The molecule has 1 aliphatic rings. The average Bonchev–Trinajstić information content (AvgIpc) is 2.35. The van der Waals surface area contributed by atoms with Crippen LogP contribution in [0, 0.1) is 19.3 Å². The van der Waals surface area contributed by atoms with Gasteiger partial charge in [0.1, 0.15) is 11.9 Å². The zero-order valence-corrected chi connectivity index (χ0v) is 14.3. The molecule has 1 amide bonds. The predicted octanol–water partition coefficient (Wildman–Crippen LogP) is 2.90. The van der Waals surface area contributed by atoms with Crippen LogP contribution in [0.25, 0.3) is 0 Å². The first-order valence-corrected chi connectivity index (χ1v) is 8.00. The van der Waals surface area contributed by atoms with Crippen LogP contribution in [0.3, 0.4) is 0 Å². The zero-order valence-electron chi connectivity index (χ0n) is 14.3. The molecule has 0 aliphatic carbocycles. The van der Waals surface area contributed by atoms with E-state index >= 15 is 0 Å². The van der Waals surface area contributed by atoms with Crippen molar-refractivity contribution < 1.29 is 9.53 Å². The van der Waals surface area contributed by atoms with Crippen molar-refractivity contribution in [3.05, 3.63) is 17.6 Å². The summed E-state index contributed by atoms with van der Waals surface area (Å²) in [5, 5.41) is 0. The number of amides is 1. The van der Waals surface area contributed by atoms with E-state index in [0.717, 1.165) is 25.1 Å². The molecule has 122 valence electrons. The largest absolute Gasteiger partial charge is 0.472 e. The second kappa shape index (κ2) is 6.63. The van der Waals surface area contributed by atoms with E-state index < -0.39 is 0 Å². The van der Waals surface area contributed by atoms with Crippen LogP contribution in [-0.4, -0.2) is 40.0 Å². The molecule has 1 aromatic heterocycles. The lowest BCUT2D eigenvalue weighted by Gasteiger charge is -2.34. The molecule has 0 radical (unpaired) electrons. The number of hydrogen-bond donors (Lipinski definition) is 0. The van der Waals surface area contributed by atoms with Crippen molar-refractivity contribution in [1.29, 1.82) is 0 Å². The Balaban J connectivity index is 1.97. The molecule has 1 aromatic rings. The Morgan fingerprint density at radius 3 is 2.73 bits per heavy atom. The van der Waals surface area contributed by atoms with Crippen LogP contribution in [0.1, 0.15) is 51.6 Å². The first kappa shape index (κ1) is 16.7. The number of carbonyl (C=O) groups excluding carboxylic acids is 1. The summed E-state index contributed by atoms with van der Waals surface area (Å²) in [4.78, 5) is 22.9. The van der Waals surface area contributed by atoms with Crippen molar-refractivity contribution >= 4 is 5.91 Å². The van der Waals surface area contributed by atoms with Gasteiger partial charge < -0.3 is 9.64 Å². The summed E-state index contributed by atoms with van der Waals surface area (Å²) in [5.74, 6) is 1.54. The minimum absolute atomic E-state index is 0.0196. The van der Waals surface area contributed by atoms with Gasteiger partial charge in [-0.3, -0.25) is 4.79 Å². The van der Waals surface area contributed by atoms with Gasteiger partial charge in [0.05, 0.1) is 6.54 Å². The van der Waals surface area contributed by atoms with E-state index in [9.17, 15) is 4.79 Å². The third-order valence-electron chi connectivity index (χ3n) is 3.64. The third kappa shape index (κ3) is 4.97. The fourth-order valence-electron chi connectivity index (χ4n) is 2.74. The standard InChI is InChI=1S/C17H27N3O2/c1-12-9-15(19-13(2)18-12)22-14-7-6-8-20(11-14)16(21)10-17(3,4)5/h9,14H,6-8,10-11H2,1-5H3. The molecule has 5 nitrogen and oxygen atoms in total. The fourth-order valence-corrected chi connectivity index (χ4v) is 2.74. The summed E-state index contributed by atoms with van der Waals surface area (Å²) in [6.07, 6.45) is 2.53. The van der Waals surface area contributed by atoms with E-state index in [1.54, 1.807) is 0 Å². The Morgan fingerprint density at radius 1 is 1.36 bits per heavy atom. The maximum atomic E-state index is 12.4. The quantitative estimate of drug-likeness (QED) is 0.861. The summed E-state index contributed by atoms with van der Waals surface area (Å²) in [7, 11) is 0. The lowest BCUT2D eigenvalue weighted by molar-refractivity contribution is -0.135. The molecule has 1 fully saturated rings. The number of carbonyl (C=O) groups is 1. The SMILES string of the molecule is Cc1cc(OC2CCCN(C(=O)CC(C)(C)C)C2)nc(C)n1. The maximum Gasteiger partial charge on any atom is 0.223 e. The van der Waals surface area contributed by atoms with Crippen LogP contribution in [-0.2, 0) is 4.79 Å². The van der Waals surface area contributed by atoms with E-state index in [4.69, 9.17) is 4.74 Å². The molecule has 0 aromatic carbocycles. The van der Waals surface area contributed by atoms with Crippen LogP contribution in [0.2, 0.25) is 0 Å². The van der Waals surface area contributed by atoms with E-state index in [1.807, 2.05) is 24.8 Å². The smallest absolute Gasteiger partial charge is 0.223 e. The second-order valence-electron chi connectivity index (χ2n) is 7.35. The van der Waals surface area contributed by atoms with Crippen LogP contribution in [0.15, 0.2) is 6.07 Å². The Hall–Kier alpha value is -1.65. The van der Waals surface area contributed by atoms with Gasteiger partial charge in [0.15, 0.2) is 0 Å². The molecule has 0 spiro atoms. The van der Waals surface area contributed by atoms with Gasteiger partial charge in [-0.25, -0.2) is 4.98 Å². The van der Waals surface area contributed by atoms with Gasteiger partial charge in [-0.2, -0.15) is 4.98 Å². The molecule has 0 bridgehead atoms. The minimum Gasteiger partial charge on any atom is -0.472 e. The number of rotatable bonds is 3. The number of ether oxygens (including phenoxy) is 1. The minimum atomic E-state index is 0.0196. The van der Waals surface area contributed by atoms with Gasteiger partial charge in [0, 0.05) is 24.7 Å². The van der Waals surface area contributed by atoms with Crippen molar-refractivity contribution in [1.82, 2.24) is 14.9 Å². The van der Waals surface area contributed by atoms with Crippen molar-refractivity contribution in [2.45, 2.75) is 60.0 Å². The van der Waals surface area contributed by atoms with Crippen LogP contribution >= 0.6 is 0 Å². The highest BCUT2D eigenvalue weighted by atomic mass is 16.5. The average molecular weight is 305 g/mol. The summed E-state index contributed by atoms with van der Waals surface area (Å²) >= 11 is 0. The van der Waals surface area contributed by atoms with Gasteiger partial charge in [-0.05, 0) is 32.1 Å². The fraction of sp³-hybridized carbons (Fsp3) is 0.706. The number of aromatic nitrogens is 2. The third-order valence-corrected chi connectivity index (χ3v) is 3.64. The molecule has 0 saturated carbocycles. The molecule has 2 heterocycles. The Morgan fingerprint density at radius 2 is 2.09 bits per heavy atom. The highest BCUT2D eigenvalue weighted by molar-refractivity contribution is 5.77. The molecule has 2 rings (SSSR count). The van der Waals surface area contributed by atoms with Gasteiger partial charge in [-0.1, -0.05) is 20.8 Å². The van der Waals surface area contributed by atoms with Crippen molar-refractivity contribution in [2.24, 2.45) is 5.41 Å². The molecule has 1 unspecified atom stereocenters. The van der Waals surface area contributed by atoms with Crippen molar-refractivity contribution in [2.75, 3.05) is 13.1 Å². The Kier molecular flexibility index (Phi) is 5.04. The maximum absolute atomic E-state index is 12.4. The summed E-state index contributed by atoms with van der Waals surface area (Å²) in [5.41, 5.74) is 0.921. The lowest BCUT2D eigenvalue weighted by atomic mass is 9.91. The first-order valence-electron chi connectivity index (χ1n) is 8.00. The van der Waals surface area contributed by atoms with E-state index in [2.05, 4.69) is 30.7 Å². The summed E-state index contributed by atoms with van der Waals surface area (Å²) < 4.78 is 5.98. The van der Waals surface area contributed by atoms with E-state index in [0.29, 0.717) is 24.7 Å². The topological polar surface area (TPSA) is 55.3 Å². The number of likely N-dealkylation sites (tertiary alicyclic amines) is 1. The molecule has 1 aliphatic heterocycles. The summed E-state index contributed by atoms with van der Waals surface area (Å²) in [6.45, 7) is 11.6. The van der Waals surface area contributed by atoms with E-state index in [1.165, 1.54) is 0 Å². The number of piperidine rings is 1. The number of hydrogen-bond acceptors (Lipinski definition) is 4.